The molecule has 0 unspecified atom stereocenters. The first-order valence-corrected chi connectivity index (χ1v) is 8.42. The molecule has 2 heteroatoms. The molecule has 1 radical (unpaired) electrons. The van der Waals surface area contributed by atoms with Gasteiger partial charge < -0.3 is 0 Å². The van der Waals surface area contributed by atoms with E-state index < -0.39 is 0 Å². The lowest BCUT2D eigenvalue weighted by Gasteiger charge is -2.21. The summed E-state index contributed by atoms with van der Waals surface area (Å²) in [7, 11) is 2.17. The lowest BCUT2D eigenvalue weighted by molar-refractivity contribution is 0.104. The zero-order valence-electron chi connectivity index (χ0n) is 13.6. The van der Waals surface area contributed by atoms with Gasteiger partial charge in [-0.25, -0.2) is 0 Å². The average molecular weight is 317 g/mol. The Morgan fingerprint density at radius 2 is 1.28 bits per heavy atom. The summed E-state index contributed by atoms with van der Waals surface area (Å²) < 4.78 is 0. The minimum Gasteiger partial charge on any atom is -0.289 e. The molecular formula is C23H14BO. The lowest BCUT2D eigenvalue weighted by atomic mass is 9.62. The summed E-state index contributed by atoms with van der Waals surface area (Å²) in [6.45, 7) is 0. The van der Waals surface area contributed by atoms with E-state index in [0.717, 1.165) is 44.0 Å². The summed E-state index contributed by atoms with van der Waals surface area (Å²) in [5.41, 5.74) is 6.06. The normalized spacial score (nSPS) is 12.1. The summed E-state index contributed by atoms with van der Waals surface area (Å²) in [4.78, 5) is 13.0. The monoisotopic (exact) mass is 317 g/mol. The van der Waals surface area contributed by atoms with Gasteiger partial charge in [0.25, 0.3) is 0 Å². The van der Waals surface area contributed by atoms with Gasteiger partial charge in [0, 0.05) is 16.5 Å². The molecule has 1 aliphatic rings. The number of ketones is 1. The maximum atomic E-state index is 13.0. The van der Waals surface area contributed by atoms with Gasteiger partial charge in [0.1, 0.15) is 0 Å². The maximum Gasteiger partial charge on any atom is 0.194 e. The molecule has 1 aliphatic carbocycles. The molecule has 0 heterocycles. The number of hydrogen-bond donors (Lipinski definition) is 0. The second-order valence-corrected chi connectivity index (χ2v) is 6.36. The first-order chi connectivity index (χ1) is 12.3. The lowest BCUT2D eigenvalue weighted by Crippen LogP contribution is -2.28. The van der Waals surface area contributed by atoms with Crippen molar-refractivity contribution in [1.29, 1.82) is 0 Å². The van der Waals surface area contributed by atoms with E-state index in [4.69, 9.17) is 0 Å². The van der Waals surface area contributed by atoms with Crippen molar-refractivity contribution in [1.82, 2.24) is 0 Å². The SMILES string of the molecule is O=C1c2ccccc2-c2ccc([B]c3ccccc3)c3cccc1c23. The fourth-order valence-corrected chi connectivity index (χ4v) is 3.76. The number of rotatable bonds is 2. The van der Waals surface area contributed by atoms with E-state index in [9.17, 15) is 4.79 Å². The summed E-state index contributed by atoms with van der Waals surface area (Å²) in [6, 6.07) is 28.5. The van der Waals surface area contributed by atoms with Crippen molar-refractivity contribution in [2.45, 2.75) is 0 Å². The standard InChI is InChI=1S/C23H14BO/c25-23-18-10-5-4-9-16(18)17-13-14-21(24-15-7-2-1-3-8-15)19-11-6-12-20(23)22(17)19/h1-14H. The van der Waals surface area contributed by atoms with E-state index in [0.29, 0.717) is 0 Å². The summed E-state index contributed by atoms with van der Waals surface area (Å²) in [5.74, 6) is 0.116. The Labute approximate surface area is 147 Å². The van der Waals surface area contributed by atoms with Gasteiger partial charge in [-0.2, -0.15) is 0 Å². The molecule has 1 nitrogen and oxygen atoms in total. The van der Waals surface area contributed by atoms with Gasteiger partial charge in [0.15, 0.2) is 13.1 Å². The molecule has 0 aliphatic heterocycles. The molecule has 4 aromatic carbocycles. The van der Waals surface area contributed by atoms with Crippen molar-refractivity contribution < 1.29 is 4.79 Å². The van der Waals surface area contributed by atoms with E-state index in [1.165, 1.54) is 0 Å². The molecule has 0 N–H and O–H groups in total. The fraction of sp³-hybridized carbons (Fsp3) is 0. The van der Waals surface area contributed by atoms with Gasteiger partial charge in [-0.05, 0) is 16.5 Å². The molecular weight excluding hydrogens is 303 g/mol. The van der Waals surface area contributed by atoms with Crippen molar-refractivity contribution in [3.8, 4) is 11.1 Å². The van der Waals surface area contributed by atoms with E-state index in [-0.39, 0.29) is 5.78 Å². The molecule has 0 amide bonds. The van der Waals surface area contributed by atoms with Crippen LogP contribution in [0.2, 0.25) is 0 Å². The van der Waals surface area contributed by atoms with Crippen molar-refractivity contribution in [2.75, 3.05) is 0 Å². The van der Waals surface area contributed by atoms with Gasteiger partial charge in [0.2, 0.25) is 0 Å². The first kappa shape index (κ1) is 14.2. The summed E-state index contributed by atoms with van der Waals surface area (Å²) in [6.07, 6.45) is 0. The quantitative estimate of drug-likeness (QED) is 0.454. The Hall–Kier alpha value is -3.13. The van der Waals surface area contributed by atoms with E-state index >= 15 is 0 Å². The third-order valence-corrected chi connectivity index (χ3v) is 4.90. The molecule has 5 rings (SSSR count). The van der Waals surface area contributed by atoms with Crippen LogP contribution in [0.25, 0.3) is 21.9 Å². The van der Waals surface area contributed by atoms with Gasteiger partial charge in [-0.3, -0.25) is 4.79 Å². The highest BCUT2D eigenvalue weighted by molar-refractivity contribution is 6.70. The van der Waals surface area contributed by atoms with Crippen LogP contribution in [0.3, 0.4) is 0 Å². The number of hydrogen-bond acceptors (Lipinski definition) is 1. The second-order valence-electron chi connectivity index (χ2n) is 6.36. The fourth-order valence-electron chi connectivity index (χ4n) is 3.76. The number of fused-ring (bicyclic) bond motifs is 2. The molecule has 115 valence electrons. The smallest absolute Gasteiger partial charge is 0.194 e. The largest absolute Gasteiger partial charge is 0.289 e. The topological polar surface area (TPSA) is 17.1 Å². The first-order valence-electron chi connectivity index (χ1n) is 8.42. The van der Waals surface area contributed by atoms with Gasteiger partial charge in [0.05, 0.1) is 0 Å². The van der Waals surface area contributed by atoms with Crippen LogP contribution >= 0.6 is 0 Å². The van der Waals surface area contributed by atoms with Gasteiger partial charge in [-0.15, -0.1) is 0 Å². The summed E-state index contributed by atoms with van der Waals surface area (Å²) in [5, 5.41) is 2.19. The minimum absolute atomic E-state index is 0.116. The molecule has 0 fully saturated rings. The summed E-state index contributed by atoms with van der Waals surface area (Å²) >= 11 is 0. The second kappa shape index (κ2) is 5.46. The van der Waals surface area contributed by atoms with E-state index in [1.807, 2.05) is 54.6 Å². The highest BCUT2D eigenvalue weighted by Crippen LogP contribution is 2.38. The molecule has 0 bridgehead atoms. The predicted molar refractivity (Wildman–Crippen MR) is 104 cm³/mol. The van der Waals surface area contributed by atoms with Crippen molar-refractivity contribution >= 4 is 34.8 Å². The molecule has 0 saturated carbocycles. The van der Waals surface area contributed by atoms with Crippen LogP contribution in [0, 0.1) is 0 Å². The van der Waals surface area contributed by atoms with E-state index in [1.54, 1.807) is 0 Å². The minimum atomic E-state index is 0.116. The molecule has 0 saturated heterocycles. The highest BCUT2D eigenvalue weighted by atomic mass is 16.1. The van der Waals surface area contributed by atoms with Gasteiger partial charge in [-0.1, -0.05) is 95.9 Å². The van der Waals surface area contributed by atoms with Crippen molar-refractivity contribution in [3.05, 3.63) is 96.1 Å². The third kappa shape index (κ3) is 2.15. The maximum absolute atomic E-state index is 13.0. The zero-order chi connectivity index (χ0) is 16.8. The third-order valence-electron chi connectivity index (χ3n) is 4.90. The van der Waals surface area contributed by atoms with Crippen molar-refractivity contribution in [3.63, 3.8) is 0 Å². The van der Waals surface area contributed by atoms with Crippen molar-refractivity contribution in [2.24, 2.45) is 0 Å². The Morgan fingerprint density at radius 3 is 2.12 bits per heavy atom. The van der Waals surface area contributed by atoms with Crippen LogP contribution in [-0.2, 0) is 0 Å². The van der Waals surface area contributed by atoms with Crippen LogP contribution in [0.15, 0.2) is 84.9 Å². The molecule has 25 heavy (non-hydrogen) atoms. The Morgan fingerprint density at radius 1 is 0.560 bits per heavy atom. The van der Waals surface area contributed by atoms with Crippen LogP contribution in [0.4, 0.5) is 0 Å². The molecule has 0 atom stereocenters. The average Bonchev–Trinajstić information content (AvgIpc) is 2.68. The molecule has 4 aromatic rings. The van der Waals surface area contributed by atoms with E-state index in [2.05, 4.69) is 37.6 Å². The molecule has 0 spiro atoms. The van der Waals surface area contributed by atoms with Crippen LogP contribution < -0.4 is 10.9 Å². The zero-order valence-corrected chi connectivity index (χ0v) is 13.6. The Bertz CT molecular complexity index is 1130. The molecule has 0 aromatic heterocycles. The number of benzene rings is 4. The predicted octanol–water partition coefficient (Wildman–Crippen LogP) is 3.71. The highest BCUT2D eigenvalue weighted by Gasteiger charge is 2.25. The van der Waals surface area contributed by atoms with Gasteiger partial charge >= 0.3 is 0 Å². The number of carbonyl (C=O) groups is 1. The van der Waals surface area contributed by atoms with Crippen LogP contribution in [0.1, 0.15) is 15.9 Å². The van der Waals surface area contributed by atoms with Crippen LogP contribution in [-0.4, -0.2) is 13.1 Å². The Balaban J connectivity index is 1.79. The number of carbonyl (C=O) groups excluding carboxylic acids is 1. The van der Waals surface area contributed by atoms with Crippen LogP contribution in [0.5, 0.6) is 0 Å². The Kier molecular flexibility index (Phi) is 3.11.